The summed E-state index contributed by atoms with van der Waals surface area (Å²) >= 11 is 0. The van der Waals surface area contributed by atoms with Crippen molar-refractivity contribution >= 4 is 5.97 Å². The van der Waals surface area contributed by atoms with E-state index in [-0.39, 0.29) is 17.9 Å². The molecule has 0 spiro atoms. The number of phenolic OH excluding ortho intramolecular Hbond substituents is 1. The zero-order valence-corrected chi connectivity index (χ0v) is 13.1. The van der Waals surface area contributed by atoms with E-state index >= 15 is 0 Å². The normalized spacial score (nSPS) is 30.7. The van der Waals surface area contributed by atoms with E-state index in [1.54, 1.807) is 0 Å². The number of carboxylic acid groups (broad SMARTS) is 1. The average molecular weight is 359 g/mol. The summed E-state index contributed by atoms with van der Waals surface area (Å²) < 4.78 is 10.5. The number of aliphatic hydroxyl groups excluding tert-OH is 4. The van der Waals surface area contributed by atoms with Gasteiger partial charge in [0.1, 0.15) is 30.5 Å². The summed E-state index contributed by atoms with van der Waals surface area (Å²) in [6.07, 6.45) is -7.45. The van der Waals surface area contributed by atoms with E-state index in [1.807, 2.05) is 0 Å². The molecule has 0 aliphatic carbocycles. The lowest BCUT2D eigenvalue weighted by molar-refractivity contribution is -0.277. The SMILES string of the molecule is N[C@@H](Cc1ccc(O)c(O[C@@H]2OC(CO)[C@@H](O)[C@@H](O)C2O)c1)C(=O)O. The highest BCUT2D eigenvalue weighted by Crippen LogP contribution is 2.31. The molecule has 1 aliphatic rings. The van der Waals surface area contributed by atoms with Gasteiger partial charge < -0.3 is 45.8 Å². The maximum atomic E-state index is 10.8. The first-order valence-electron chi connectivity index (χ1n) is 7.52. The van der Waals surface area contributed by atoms with Crippen molar-refractivity contribution in [2.45, 2.75) is 43.2 Å². The van der Waals surface area contributed by atoms with Gasteiger partial charge in [0.2, 0.25) is 6.29 Å². The number of aliphatic carboxylic acids is 1. The topological polar surface area (TPSA) is 183 Å². The lowest BCUT2D eigenvalue weighted by Gasteiger charge is -2.39. The number of hydrogen-bond donors (Lipinski definition) is 7. The molecule has 140 valence electrons. The van der Waals surface area contributed by atoms with Gasteiger partial charge in [-0.25, -0.2) is 0 Å². The molecular formula is C15H21NO9. The van der Waals surface area contributed by atoms with Crippen LogP contribution in [0, 0.1) is 0 Å². The third-order valence-electron chi connectivity index (χ3n) is 3.89. The van der Waals surface area contributed by atoms with Crippen LogP contribution in [0.25, 0.3) is 0 Å². The van der Waals surface area contributed by atoms with E-state index in [0.29, 0.717) is 5.56 Å². The zero-order chi connectivity index (χ0) is 18.7. The molecule has 25 heavy (non-hydrogen) atoms. The van der Waals surface area contributed by atoms with E-state index in [1.165, 1.54) is 18.2 Å². The van der Waals surface area contributed by atoms with Gasteiger partial charge in [-0.3, -0.25) is 4.79 Å². The van der Waals surface area contributed by atoms with Crippen molar-refractivity contribution in [3.05, 3.63) is 23.8 Å². The van der Waals surface area contributed by atoms with Gasteiger partial charge in [-0.2, -0.15) is 0 Å². The second kappa shape index (κ2) is 7.95. The molecule has 8 N–H and O–H groups in total. The molecule has 1 aliphatic heterocycles. The van der Waals surface area contributed by atoms with E-state index in [4.69, 9.17) is 25.4 Å². The number of hydrogen-bond acceptors (Lipinski definition) is 9. The van der Waals surface area contributed by atoms with Gasteiger partial charge in [-0.05, 0) is 24.1 Å². The summed E-state index contributed by atoms with van der Waals surface area (Å²) in [6.45, 7) is -0.621. The van der Waals surface area contributed by atoms with Gasteiger partial charge in [0.05, 0.1) is 6.61 Å². The molecule has 1 fully saturated rings. The lowest BCUT2D eigenvalue weighted by atomic mass is 9.99. The molecule has 0 amide bonds. The predicted molar refractivity (Wildman–Crippen MR) is 81.8 cm³/mol. The smallest absolute Gasteiger partial charge is 0.320 e. The number of aliphatic hydroxyl groups is 4. The minimum absolute atomic E-state index is 0.0271. The highest BCUT2D eigenvalue weighted by atomic mass is 16.7. The number of rotatable bonds is 6. The molecule has 1 aromatic rings. The number of aromatic hydroxyl groups is 1. The average Bonchev–Trinajstić information content (AvgIpc) is 2.58. The van der Waals surface area contributed by atoms with Gasteiger partial charge in [-0.1, -0.05) is 6.07 Å². The van der Waals surface area contributed by atoms with Gasteiger partial charge in [0.15, 0.2) is 11.5 Å². The quantitative estimate of drug-likeness (QED) is 0.287. The molecule has 1 saturated heterocycles. The summed E-state index contributed by atoms with van der Waals surface area (Å²) in [5, 5.41) is 57.2. The maximum absolute atomic E-state index is 10.8. The Kier molecular flexibility index (Phi) is 6.16. The Labute approximate surface area is 142 Å². The largest absolute Gasteiger partial charge is 0.504 e. The fourth-order valence-corrected chi connectivity index (χ4v) is 2.41. The van der Waals surface area contributed by atoms with Crippen LogP contribution in [0.15, 0.2) is 18.2 Å². The second-order valence-corrected chi connectivity index (χ2v) is 5.77. The number of ether oxygens (including phenoxy) is 2. The first-order valence-corrected chi connectivity index (χ1v) is 7.52. The highest BCUT2D eigenvalue weighted by molar-refractivity contribution is 5.73. The zero-order valence-electron chi connectivity index (χ0n) is 13.1. The van der Waals surface area contributed by atoms with Crippen molar-refractivity contribution in [3.8, 4) is 11.5 Å². The fourth-order valence-electron chi connectivity index (χ4n) is 2.41. The van der Waals surface area contributed by atoms with Crippen molar-refractivity contribution in [1.82, 2.24) is 0 Å². The Hall–Kier alpha value is -1.95. The molecule has 10 nitrogen and oxygen atoms in total. The minimum atomic E-state index is -1.64. The van der Waals surface area contributed by atoms with Crippen LogP contribution in [0.5, 0.6) is 11.5 Å². The maximum Gasteiger partial charge on any atom is 0.320 e. The first kappa shape index (κ1) is 19.4. The molecule has 6 atom stereocenters. The standard InChI is InChI=1S/C15H21NO9/c16-7(14(22)23)3-6-1-2-8(18)9(4-6)24-15-13(21)12(20)11(19)10(5-17)25-15/h1-2,4,7,10-13,15,17-21H,3,5,16H2,(H,22,23)/t7-,10?,11+,12+,13?,15+/m0/s1. The molecule has 1 aromatic carbocycles. The summed E-state index contributed by atoms with van der Waals surface area (Å²) in [7, 11) is 0. The molecule has 10 heteroatoms. The highest BCUT2D eigenvalue weighted by Gasteiger charge is 2.44. The van der Waals surface area contributed by atoms with Crippen molar-refractivity contribution in [2.24, 2.45) is 5.73 Å². The third kappa shape index (κ3) is 4.37. The first-order chi connectivity index (χ1) is 11.7. The Morgan fingerprint density at radius 2 is 1.92 bits per heavy atom. The number of benzene rings is 1. The van der Waals surface area contributed by atoms with Crippen LogP contribution in [-0.2, 0) is 16.0 Å². The van der Waals surface area contributed by atoms with Crippen LogP contribution >= 0.6 is 0 Å². The van der Waals surface area contributed by atoms with Crippen LogP contribution in [-0.4, -0.2) is 80.0 Å². The Morgan fingerprint density at radius 1 is 1.24 bits per heavy atom. The summed E-state index contributed by atoms with van der Waals surface area (Å²) in [4.78, 5) is 10.8. The Bertz CT molecular complexity index is 609. The summed E-state index contributed by atoms with van der Waals surface area (Å²) in [6, 6.07) is 2.88. The number of carbonyl (C=O) groups is 1. The van der Waals surface area contributed by atoms with E-state index in [2.05, 4.69) is 0 Å². The summed E-state index contributed by atoms with van der Waals surface area (Å²) in [5.41, 5.74) is 5.91. The molecular weight excluding hydrogens is 338 g/mol. The van der Waals surface area contributed by atoms with Crippen molar-refractivity contribution in [2.75, 3.05) is 6.61 Å². The summed E-state index contributed by atoms with van der Waals surface area (Å²) in [5.74, 6) is -1.64. The number of carboxylic acids is 1. The lowest BCUT2D eigenvalue weighted by Crippen LogP contribution is -2.60. The molecule has 0 saturated carbocycles. The predicted octanol–water partition coefficient (Wildman–Crippen LogP) is -2.47. The van der Waals surface area contributed by atoms with E-state index in [0.717, 1.165) is 0 Å². The molecule has 1 heterocycles. The molecule has 2 unspecified atom stereocenters. The van der Waals surface area contributed by atoms with Gasteiger partial charge in [0, 0.05) is 0 Å². The van der Waals surface area contributed by atoms with Gasteiger partial charge in [-0.15, -0.1) is 0 Å². The third-order valence-corrected chi connectivity index (χ3v) is 3.89. The second-order valence-electron chi connectivity index (χ2n) is 5.77. The minimum Gasteiger partial charge on any atom is -0.504 e. The van der Waals surface area contributed by atoms with E-state index < -0.39 is 49.3 Å². The number of nitrogens with two attached hydrogens (primary N) is 1. The molecule has 0 aromatic heterocycles. The van der Waals surface area contributed by atoms with E-state index in [9.17, 15) is 25.2 Å². The fraction of sp³-hybridized carbons (Fsp3) is 0.533. The van der Waals surface area contributed by atoms with Crippen LogP contribution in [0.2, 0.25) is 0 Å². The van der Waals surface area contributed by atoms with Crippen molar-refractivity contribution in [3.63, 3.8) is 0 Å². The van der Waals surface area contributed by atoms with Crippen LogP contribution in [0.1, 0.15) is 5.56 Å². The van der Waals surface area contributed by atoms with Crippen molar-refractivity contribution < 1.29 is 44.9 Å². The Morgan fingerprint density at radius 3 is 2.52 bits per heavy atom. The molecule has 0 radical (unpaired) electrons. The van der Waals surface area contributed by atoms with Crippen LogP contribution in [0.3, 0.4) is 0 Å². The Balaban J connectivity index is 2.17. The number of phenols is 1. The van der Waals surface area contributed by atoms with Crippen LogP contribution in [0.4, 0.5) is 0 Å². The van der Waals surface area contributed by atoms with Crippen molar-refractivity contribution in [1.29, 1.82) is 0 Å². The van der Waals surface area contributed by atoms with Crippen LogP contribution < -0.4 is 10.5 Å². The molecule has 2 rings (SSSR count). The van der Waals surface area contributed by atoms with Gasteiger partial charge in [0.25, 0.3) is 0 Å². The monoisotopic (exact) mass is 359 g/mol. The molecule has 0 bridgehead atoms. The van der Waals surface area contributed by atoms with Gasteiger partial charge >= 0.3 is 5.97 Å².